The zero-order valence-corrected chi connectivity index (χ0v) is 18.0. The third-order valence-corrected chi connectivity index (χ3v) is 4.66. The first-order valence-corrected chi connectivity index (χ1v) is 9.42. The van der Waals surface area contributed by atoms with Gasteiger partial charge in [0.05, 0.1) is 6.54 Å². The highest BCUT2D eigenvalue weighted by atomic mass is 127. The number of nitrogens with zero attached hydrogens (tertiary/aromatic N) is 3. The lowest BCUT2D eigenvalue weighted by atomic mass is 9.94. The van der Waals surface area contributed by atoms with Crippen molar-refractivity contribution in [3.8, 4) is 0 Å². The Labute approximate surface area is 170 Å². The van der Waals surface area contributed by atoms with Gasteiger partial charge in [-0.2, -0.15) is 0 Å². The number of halogens is 1. The first-order valence-electron chi connectivity index (χ1n) is 9.42. The van der Waals surface area contributed by atoms with E-state index in [0.717, 1.165) is 50.3 Å². The zero-order chi connectivity index (χ0) is 17.0. The summed E-state index contributed by atoms with van der Waals surface area (Å²) in [6.45, 7) is 5.70. The van der Waals surface area contributed by atoms with E-state index in [1.807, 2.05) is 18.3 Å². The van der Waals surface area contributed by atoms with E-state index in [0.29, 0.717) is 0 Å². The van der Waals surface area contributed by atoms with E-state index in [1.54, 1.807) is 0 Å². The number of hydrogen-bond acceptors (Lipinski definition) is 3. The summed E-state index contributed by atoms with van der Waals surface area (Å²) in [5, 5.41) is 6.72. The Morgan fingerprint density at radius 2 is 2.04 bits per heavy atom. The summed E-state index contributed by atoms with van der Waals surface area (Å²) in [6, 6.07) is 6.80. The number of likely N-dealkylation sites (N-methyl/N-ethyl adjacent to an activating group) is 1. The van der Waals surface area contributed by atoms with E-state index in [4.69, 9.17) is 4.99 Å². The summed E-state index contributed by atoms with van der Waals surface area (Å²) in [7, 11) is 2.24. The molecule has 1 aliphatic rings. The van der Waals surface area contributed by atoms with Gasteiger partial charge in [0.1, 0.15) is 0 Å². The van der Waals surface area contributed by atoms with Crippen molar-refractivity contribution in [2.24, 2.45) is 4.99 Å². The standard InChI is InChI=1S/C19H33N5.HI/c1-3-20-19(22-14-12-17-9-7-8-13-21-17)23-15-16-24(2)18-10-5-4-6-11-18;/h7-9,13,18H,3-6,10-12,14-16H2,1-2H3,(H2,20,22,23);1H. The minimum Gasteiger partial charge on any atom is -0.357 e. The molecule has 0 unspecified atom stereocenters. The third-order valence-electron chi connectivity index (χ3n) is 4.66. The fourth-order valence-corrected chi connectivity index (χ4v) is 3.22. The molecule has 5 nitrogen and oxygen atoms in total. The topological polar surface area (TPSA) is 52.6 Å². The molecule has 0 radical (unpaired) electrons. The van der Waals surface area contributed by atoms with Crippen molar-refractivity contribution in [2.75, 3.05) is 33.2 Å². The van der Waals surface area contributed by atoms with Crippen molar-refractivity contribution < 1.29 is 0 Å². The summed E-state index contributed by atoms with van der Waals surface area (Å²) in [5.74, 6) is 0.908. The minimum atomic E-state index is 0. The van der Waals surface area contributed by atoms with E-state index < -0.39 is 0 Å². The Kier molecular flexibility index (Phi) is 11.8. The van der Waals surface area contributed by atoms with Gasteiger partial charge in [-0.1, -0.05) is 25.3 Å². The van der Waals surface area contributed by atoms with Crippen LogP contribution in [0.1, 0.15) is 44.7 Å². The highest BCUT2D eigenvalue weighted by Gasteiger charge is 2.17. The van der Waals surface area contributed by atoms with Gasteiger partial charge in [-0.05, 0) is 38.9 Å². The smallest absolute Gasteiger partial charge is 0.191 e. The Hall–Kier alpha value is -0.890. The maximum Gasteiger partial charge on any atom is 0.191 e. The number of aromatic nitrogens is 1. The van der Waals surface area contributed by atoms with Crippen LogP contribution in [0.2, 0.25) is 0 Å². The van der Waals surface area contributed by atoms with Gasteiger partial charge in [0.2, 0.25) is 0 Å². The molecule has 0 bridgehead atoms. The highest BCUT2D eigenvalue weighted by Crippen LogP contribution is 2.21. The van der Waals surface area contributed by atoms with Crippen LogP contribution in [0.5, 0.6) is 0 Å². The molecule has 1 fully saturated rings. The first-order chi connectivity index (χ1) is 11.8. The van der Waals surface area contributed by atoms with E-state index >= 15 is 0 Å². The lowest BCUT2D eigenvalue weighted by Gasteiger charge is -2.30. The number of guanidine groups is 1. The van der Waals surface area contributed by atoms with Crippen molar-refractivity contribution in [1.82, 2.24) is 20.5 Å². The molecule has 0 amide bonds. The van der Waals surface area contributed by atoms with E-state index in [9.17, 15) is 0 Å². The lowest BCUT2D eigenvalue weighted by Crippen LogP contribution is -2.39. The number of hydrogen-bond donors (Lipinski definition) is 2. The van der Waals surface area contributed by atoms with Crippen LogP contribution in [0.15, 0.2) is 29.4 Å². The minimum absolute atomic E-state index is 0. The average Bonchev–Trinajstić information content (AvgIpc) is 2.63. The van der Waals surface area contributed by atoms with Crippen LogP contribution in [0.25, 0.3) is 0 Å². The van der Waals surface area contributed by atoms with Gasteiger partial charge in [-0.3, -0.25) is 9.98 Å². The van der Waals surface area contributed by atoms with Gasteiger partial charge < -0.3 is 15.5 Å². The Balaban J connectivity index is 0.00000312. The molecule has 2 N–H and O–H groups in total. The molecule has 6 heteroatoms. The molecule has 1 heterocycles. The van der Waals surface area contributed by atoms with Crippen molar-refractivity contribution in [1.29, 1.82) is 0 Å². The zero-order valence-electron chi connectivity index (χ0n) is 15.7. The van der Waals surface area contributed by atoms with E-state index in [2.05, 4.69) is 40.6 Å². The maximum absolute atomic E-state index is 4.71. The Morgan fingerprint density at radius 3 is 2.72 bits per heavy atom. The molecule has 1 aromatic rings. The van der Waals surface area contributed by atoms with Gasteiger partial charge in [0, 0.05) is 44.0 Å². The SMILES string of the molecule is CCNC(=NCCN(C)C1CCCCC1)NCCc1ccccn1.I. The maximum atomic E-state index is 4.71. The quantitative estimate of drug-likeness (QED) is 0.357. The summed E-state index contributed by atoms with van der Waals surface area (Å²) < 4.78 is 0. The van der Waals surface area contributed by atoms with Crippen LogP contribution in [-0.4, -0.2) is 55.1 Å². The molecule has 0 atom stereocenters. The number of pyridine rings is 1. The second kappa shape index (κ2) is 13.3. The van der Waals surface area contributed by atoms with Gasteiger partial charge in [-0.25, -0.2) is 0 Å². The molecular formula is C19H34IN5. The second-order valence-electron chi connectivity index (χ2n) is 6.53. The fraction of sp³-hybridized carbons (Fsp3) is 0.684. The molecule has 142 valence electrons. The lowest BCUT2D eigenvalue weighted by molar-refractivity contribution is 0.196. The molecule has 0 saturated heterocycles. The van der Waals surface area contributed by atoms with Crippen LogP contribution in [0.3, 0.4) is 0 Å². The predicted molar refractivity (Wildman–Crippen MR) is 117 cm³/mol. The van der Waals surface area contributed by atoms with Gasteiger partial charge in [0.15, 0.2) is 5.96 Å². The first kappa shape index (κ1) is 22.2. The number of nitrogens with one attached hydrogen (secondary N) is 2. The number of rotatable bonds is 8. The van der Waals surface area contributed by atoms with E-state index in [1.165, 1.54) is 32.1 Å². The molecule has 25 heavy (non-hydrogen) atoms. The van der Waals surface area contributed by atoms with Crippen molar-refractivity contribution >= 4 is 29.9 Å². The second-order valence-corrected chi connectivity index (χ2v) is 6.53. The molecule has 2 rings (SSSR count). The van der Waals surface area contributed by atoms with Gasteiger partial charge >= 0.3 is 0 Å². The summed E-state index contributed by atoms with van der Waals surface area (Å²) in [6.07, 6.45) is 9.63. The number of aliphatic imine (C=N–C) groups is 1. The molecule has 1 aromatic heterocycles. The van der Waals surface area contributed by atoms with Gasteiger partial charge in [-0.15, -0.1) is 24.0 Å². The highest BCUT2D eigenvalue weighted by molar-refractivity contribution is 14.0. The summed E-state index contributed by atoms with van der Waals surface area (Å²) in [4.78, 5) is 11.5. The molecule has 0 aromatic carbocycles. The van der Waals surface area contributed by atoms with Crippen LogP contribution >= 0.6 is 24.0 Å². The Bertz CT molecular complexity index is 474. The Morgan fingerprint density at radius 1 is 1.24 bits per heavy atom. The summed E-state index contributed by atoms with van der Waals surface area (Å²) in [5.41, 5.74) is 1.11. The van der Waals surface area contributed by atoms with Crippen LogP contribution in [-0.2, 0) is 6.42 Å². The molecule has 1 aliphatic carbocycles. The summed E-state index contributed by atoms with van der Waals surface area (Å²) >= 11 is 0. The largest absolute Gasteiger partial charge is 0.357 e. The van der Waals surface area contributed by atoms with E-state index in [-0.39, 0.29) is 24.0 Å². The fourth-order valence-electron chi connectivity index (χ4n) is 3.22. The third kappa shape index (κ3) is 8.85. The predicted octanol–water partition coefficient (Wildman–Crippen LogP) is 3.06. The van der Waals surface area contributed by atoms with Gasteiger partial charge in [0.25, 0.3) is 0 Å². The van der Waals surface area contributed by atoms with Crippen molar-refractivity contribution in [3.05, 3.63) is 30.1 Å². The monoisotopic (exact) mass is 459 g/mol. The van der Waals surface area contributed by atoms with Crippen LogP contribution < -0.4 is 10.6 Å². The molecular weight excluding hydrogens is 425 g/mol. The van der Waals surface area contributed by atoms with Crippen LogP contribution in [0, 0.1) is 0 Å². The molecule has 0 aliphatic heterocycles. The average molecular weight is 459 g/mol. The molecule has 0 spiro atoms. The van der Waals surface area contributed by atoms with Crippen molar-refractivity contribution in [3.63, 3.8) is 0 Å². The molecule has 1 saturated carbocycles. The normalized spacial score (nSPS) is 15.7. The van der Waals surface area contributed by atoms with Crippen molar-refractivity contribution in [2.45, 2.75) is 51.5 Å². The van der Waals surface area contributed by atoms with Crippen LogP contribution in [0.4, 0.5) is 0 Å².